The van der Waals surface area contributed by atoms with Crippen LogP contribution in [0.5, 0.6) is 0 Å². The Kier molecular flexibility index (Phi) is 4.68. The lowest BCUT2D eigenvalue weighted by molar-refractivity contribution is -0.116. The molecule has 2 aromatic carbocycles. The number of benzene rings is 2. The van der Waals surface area contributed by atoms with Gasteiger partial charge in [-0.05, 0) is 35.7 Å². The summed E-state index contributed by atoms with van der Waals surface area (Å²) in [6.07, 6.45) is 1.14. The van der Waals surface area contributed by atoms with Gasteiger partial charge in [0.1, 0.15) is 5.82 Å². The molecule has 0 atom stereocenters. The van der Waals surface area contributed by atoms with Crippen molar-refractivity contribution >= 4 is 34.0 Å². The average molecular weight is 381 g/mol. The Bertz CT molecular complexity index is 1030. The maximum Gasteiger partial charge on any atom is 0.230 e. The molecule has 0 spiro atoms. The van der Waals surface area contributed by atoms with Crippen LogP contribution in [0, 0.1) is 5.82 Å². The van der Waals surface area contributed by atoms with Crippen molar-refractivity contribution in [3.05, 3.63) is 64.8 Å². The van der Waals surface area contributed by atoms with Crippen LogP contribution in [0.2, 0.25) is 0 Å². The van der Waals surface area contributed by atoms with Crippen LogP contribution in [0.4, 0.5) is 15.2 Å². The van der Waals surface area contributed by atoms with Crippen LogP contribution in [-0.2, 0) is 22.4 Å². The normalized spacial score (nSPS) is 13.0. The molecule has 0 fully saturated rings. The Hall–Kier alpha value is -3.06. The molecule has 7 heteroatoms. The molecular formula is C20H16FN3O2S. The monoisotopic (exact) mass is 381 g/mol. The van der Waals surface area contributed by atoms with E-state index in [4.69, 9.17) is 0 Å². The third-order valence-corrected chi connectivity index (χ3v) is 5.11. The molecule has 0 saturated carbocycles. The van der Waals surface area contributed by atoms with Crippen LogP contribution < -0.4 is 10.6 Å². The van der Waals surface area contributed by atoms with Gasteiger partial charge in [-0.2, -0.15) is 0 Å². The number of rotatable bonds is 4. The lowest BCUT2D eigenvalue weighted by atomic mass is 9.99. The number of nitrogens with one attached hydrogen (secondary N) is 2. The van der Waals surface area contributed by atoms with Gasteiger partial charge in [0, 0.05) is 23.1 Å². The molecule has 1 aromatic heterocycles. The molecule has 136 valence electrons. The summed E-state index contributed by atoms with van der Waals surface area (Å²) in [4.78, 5) is 28.1. The van der Waals surface area contributed by atoms with Crippen LogP contribution in [-0.4, -0.2) is 16.8 Å². The molecule has 2 amide bonds. The Labute approximate surface area is 159 Å². The van der Waals surface area contributed by atoms with E-state index in [2.05, 4.69) is 15.6 Å². The second kappa shape index (κ2) is 7.28. The summed E-state index contributed by atoms with van der Waals surface area (Å²) in [6, 6.07) is 12.0. The highest BCUT2D eigenvalue weighted by atomic mass is 32.1. The maximum atomic E-state index is 13.7. The number of carbonyl (C=O) groups is 2. The molecule has 0 saturated heterocycles. The SMILES string of the molecule is O=C(Cc1ccccc1F)Nc1nc(-c2ccc3c(c2)CCC(=O)N3)cs1. The van der Waals surface area contributed by atoms with Crippen molar-refractivity contribution in [1.29, 1.82) is 0 Å². The lowest BCUT2D eigenvalue weighted by Gasteiger charge is -2.17. The summed E-state index contributed by atoms with van der Waals surface area (Å²) in [6.45, 7) is 0. The fourth-order valence-electron chi connectivity index (χ4n) is 2.98. The predicted molar refractivity (Wildman–Crippen MR) is 103 cm³/mol. The molecule has 27 heavy (non-hydrogen) atoms. The highest BCUT2D eigenvalue weighted by Gasteiger charge is 2.16. The number of thiazole rings is 1. The molecule has 0 bridgehead atoms. The lowest BCUT2D eigenvalue weighted by Crippen LogP contribution is -2.18. The fourth-order valence-corrected chi connectivity index (χ4v) is 3.72. The minimum absolute atomic E-state index is 0.0313. The average Bonchev–Trinajstić information content (AvgIpc) is 3.11. The first-order valence-electron chi connectivity index (χ1n) is 8.50. The van der Waals surface area contributed by atoms with Gasteiger partial charge in [-0.1, -0.05) is 24.3 Å². The van der Waals surface area contributed by atoms with E-state index in [0.29, 0.717) is 23.5 Å². The summed E-state index contributed by atoms with van der Waals surface area (Å²) >= 11 is 1.32. The van der Waals surface area contributed by atoms with Gasteiger partial charge >= 0.3 is 0 Å². The number of hydrogen-bond acceptors (Lipinski definition) is 4. The summed E-state index contributed by atoms with van der Waals surface area (Å²) in [7, 11) is 0. The van der Waals surface area contributed by atoms with Gasteiger partial charge < -0.3 is 10.6 Å². The Morgan fingerprint density at radius 2 is 2.07 bits per heavy atom. The number of fused-ring (bicyclic) bond motifs is 1. The molecule has 3 aromatic rings. The molecule has 2 heterocycles. The zero-order chi connectivity index (χ0) is 18.8. The minimum atomic E-state index is -0.395. The molecule has 4 rings (SSSR count). The van der Waals surface area contributed by atoms with Crippen molar-refractivity contribution in [2.45, 2.75) is 19.3 Å². The zero-order valence-electron chi connectivity index (χ0n) is 14.3. The number of carbonyl (C=O) groups excluding carboxylic acids is 2. The van der Waals surface area contributed by atoms with Gasteiger partial charge in [0.2, 0.25) is 11.8 Å². The number of aryl methyl sites for hydroxylation is 1. The summed E-state index contributed by atoms with van der Waals surface area (Å²) in [5.41, 5.74) is 3.94. The summed E-state index contributed by atoms with van der Waals surface area (Å²) in [5.74, 6) is -0.674. The first-order valence-corrected chi connectivity index (χ1v) is 9.38. The predicted octanol–water partition coefficient (Wildman–Crippen LogP) is 4.02. The van der Waals surface area contributed by atoms with Crippen LogP contribution in [0.25, 0.3) is 11.3 Å². The van der Waals surface area contributed by atoms with Crippen molar-refractivity contribution < 1.29 is 14.0 Å². The second-order valence-corrected chi connectivity index (χ2v) is 7.13. The number of anilines is 2. The molecule has 0 aliphatic carbocycles. The number of hydrogen-bond donors (Lipinski definition) is 2. The second-order valence-electron chi connectivity index (χ2n) is 6.27. The van der Waals surface area contributed by atoms with E-state index < -0.39 is 5.82 Å². The maximum absolute atomic E-state index is 13.7. The fraction of sp³-hybridized carbons (Fsp3) is 0.150. The number of aromatic nitrogens is 1. The molecule has 5 nitrogen and oxygen atoms in total. The van der Waals surface area contributed by atoms with Gasteiger partial charge in [-0.25, -0.2) is 9.37 Å². The Morgan fingerprint density at radius 1 is 1.22 bits per heavy atom. The molecule has 0 radical (unpaired) electrons. The summed E-state index contributed by atoms with van der Waals surface area (Å²) in [5, 5.41) is 7.91. The van der Waals surface area contributed by atoms with Crippen molar-refractivity contribution in [1.82, 2.24) is 4.98 Å². The van der Waals surface area contributed by atoms with Crippen molar-refractivity contribution in [2.24, 2.45) is 0 Å². The van der Waals surface area contributed by atoms with E-state index in [0.717, 1.165) is 22.5 Å². The third kappa shape index (κ3) is 3.88. The van der Waals surface area contributed by atoms with Crippen molar-refractivity contribution in [3.63, 3.8) is 0 Å². The van der Waals surface area contributed by atoms with E-state index in [1.165, 1.54) is 17.4 Å². The van der Waals surface area contributed by atoms with Crippen LogP contribution in [0.15, 0.2) is 47.8 Å². The van der Waals surface area contributed by atoms with Crippen molar-refractivity contribution in [2.75, 3.05) is 10.6 Å². The molecule has 0 unspecified atom stereocenters. The zero-order valence-corrected chi connectivity index (χ0v) is 15.1. The van der Waals surface area contributed by atoms with E-state index in [1.54, 1.807) is 18.2 Å². The largest absolute Gasteiger partial charge is 0.326 e. The first-order chi connectivity index (χ1) is 13.1. The minimum Gasteiger partial charge on any atom is -0.326 e. The molecule has 2 N–H and O–H groups in total. The van der Waals surface area contributed by atoms with Crippen LogP contribution >= 0.6 is 11.3 Å². The Morgan fingerprint density at radius 3 is 2.93 bits per heavy atom. The molecule has 1 aliphatic heterocycles. The summed E-state index contributed by atoms with van der Waals surface area (Å²) < 4.78 is 13.7. The van der Waals surface area contributed by atoms with E-state index in [9.17, 15) is 14.0 Å². The smallest absolute Gasteiger partial charge is 0.230 e. The number of nitrogens with zero attached hydrogens (tertiary/aromatic N) is 1. The van der Waals surface area contributed by atoms with Crippen LogP contribution in [0.1, 0.15) is 17.5 Å². The molecule has 1 aliphatic rings. The van der Waals surface area contributed by atoms with E-state index in [1.807, 2.05) is 23.6 Å². The van der Waals surface area contributed by atoms with Gasteiger partial charge in [0.15, 0.2) is 5.13 Å². The van der Waals surface area contributed by atoms with Crippen molar-refractivity contribution in [3.8, 4) is 11.3 Å². The quantitative estimate of drug-likeness (QED) is 0.717. The van der Waals surface area contributed by atoms with E-state index >= 15 is 0 Å². The standard InChI is InChI=1S/C20H16FN3O2S/c21-15-4-2-1-3-12(15)10-19(26)24-20-23-17(11-27-20)14-5-7-16-13(9-14)6-8-18(25)22-16/h1-5,7,9,11H,6,8,10H2,(H,22,25)(H,23,24,26). The van der Waals surface area contributed by atoms with Gasteiger partial charge in [-0.15, -0.1) is 11.3 Å². The topological polar surface area (TPSA) is 71.1 Å². The van der Waals surface area contributed by atoms with E-state index in [-0.39, 0.29) is 18.2 Å². The number of halogens is 1. The van der Waals surface area contributed by atoms with Gasteiger partial charge in [0.05, 0.1) is 12.1 Å². The third-order valence-electron chi connectivity index (χ3n) is 4.36. The Balaban J connectivity index is 1.46. The first kappa shape index (κ1) is 17.4. The highest BCUT2D eigenvalue weighted by Crippen LogP contribution is 2.30. The van der Waals surface area contributed by atoms with Crippen LogP contribution in [0.3, 0.4) is 0 Å². The van der Waals surface area contributed by atoms with Gasteiger partial charge in [-0.3, -0.25) is 9.59 Å². The van der Waals surface area contributed by atoms with Gasteiger partial charge in [0.25, 0.3) is 0 Å². The molecular weight excluding hydrogens is 365 g/mol. The number of amides is 2. The highest BCUT2D eigenvalue weighted by molar-refractivity contribution is 7.14.